The highest BCUT2D eigenvalue weighted by atomic mass is 15.3. The van der Waals surface area contributed by atoms with Crippen molar-refractivity contribution in [2.24, 2.45) is 0 Å². The van der Waals surface area contributed by atoms with Gasteiger partial charge in [-0.05, 0) is 83.8 Å². The van der Waals surface area contributed by atoms with Crippen molar-refractivity contribution in [1.29, 1.82) is 5.26 Å². The fourth-order valence-corrected chi connectivity index (χ4v) is 7.97. The number of fused-ring (bicyclic) bond motifs is 6. The molecule has 52 heavy (non-hydrogen) atoms. The minimum Gasteiger partial charge on any atom is -0.309 e. The Morgan fingerprint density at radius 3 is 2.13 bits per heavy atom. The molecule has 1 aliphatic carbocycles. The van der Waals surface area contributed by atoms with Crippen LogP contribution in [0.2, 0.25) is 0 Å². The van der Waals surface area contributed by atoms with Crippen molar-refractivity contribution in [3.8, 4) is 34.3 Å². The van der Waals surface area contributed by atoms with Crippen LogP contribution in [-0.4, -0.2) is 14.5 Å². The minimum absolute atomic E-state index is 0.145. The molecule has 0 bridgehead atoms. The third-order valence-electron chi connectivity index (χ3n) is 10.4. The van der Waals surface area contributed by atoms with E-state index >= 15 is 0 Å². The summed E-state index contributed by atoms with van der Waals surface area (Å²) in [5.74, 6) is 0.763. The van der Waals surface area contributed by atoms with Crippen LogP contribution in [0.3, 0.4) is 0 Å². The molecule has 5 heteroatoms. The monoisotopic (exact) mass is 665 g/mol. The van der Waals surface area contributed by atoms with Gasteiger partial charge in [0.2, 0.25) is 5.95 Å². The molecule has 1 aliphatic heterocycles. The predicted octanol–water partition coefficient (Wildman–Crippen LogP) is 11.4. The second-order valence-electron chi connectivity index (χ2n) is 13.4. The Morgan fingerprint density at radius 1 is 0.577 bits per heavy atom. The number of aromatic nitrogens is 3. The van der Waals surface area contributed by atoms with E-state index in [1.807, 2.05) is 48.5 Å². The summed E-state index contributed by atoms with van der Waals surface area (Å²) >= 11 is 0. The quantitative estimate of drug-likeness (QED) is 0.184. The SMILES string of the molecule is N#Cc1cccc(-c2cc(-c3ccccc3)nc(N3C4=CC=C(c5ccc6c(c5)c5ccccc5n6-c5ccccc5)CC4c4ccccc43)n2)c1. The lowest BCUT2D eigenvalue weighted by Crippen LogP contribution is -2.18. The first kappa shape index (κ1) is 29.8. The van der Waals surface area contributed by atoms with E-state index in [1.54, 1.807) is 0 Å². The molecule has 0 saturated carbocycles. The number of anilines is 2. The normalized spacial score (nSPS) is 14.8. The number of hydrogen-bond acceptors (Lipinski definition) is 4. The fourth-order valence-electron chi connectivity index (χ4n) is 7.97. The summed E-state index contributed by atoms with van der Waals surface area (Å²) in [6.45, 7) is 0. The summed E-state index contributed by atoms with van der Waals surface area (Å²) < 4.78 is 2.36. The largest absolute Gasteiger partial charge is 0.309 e. The van der Waals surface area contributed by atoms with Crippen LogP contribution in [0.1, 0.15) is 29.0 Å². The lowest BCUT2D eigenvalue weighted by Gasteiger charge is -2.25. The molecular weight excluding hydrogens is 635 g/mol. The zero-order chi connectivity index (χ0) is 34.6. The molecule has 0 spiro atoms. The van der Waals surface area contributed by atoms with Crippen LogP contribution >= 0.6 is 0 Å². The van der Waals surface area contributed by atoms with Crippen LogP contribution in [0.5, 0.6) is 0 Å². The summed E-state index contributed by atoms with van der Waals surface area (Å²) in [6, 6.07) is 57.0. The van der Waals surface area contributed by atoms with Gasteiger partial charge in [-0.25, -0.2) is 9.97 Å². The summed E-state index contributed by atoms with van der Waals surface area (Å²) in [5.41, 5.74) is 13.7. The van der Waals surface area contributed by atoms with Crippen molar-refractivity contribution in [1.82, 2.24) is 14.5 Å². The van der Waals surface area contributed by atoms with Gasteiger partial charge in [0.25, 0.3) is 0 Å². The Balaban J connectivity index is 1.11. The molecule has 10 rings (SSSR count). The highest BCUT2D eigenvalue weighted by Gasteiger charge is 2.38. The highest BCUT2D eigenvalue weighted by molar-refractivity contribution is 6.10. The summed E-state index contributed by atoms with van der Waals surface area (Å²) in [6.07, 6.45) is 5.40. The number of allylic oxidation sites excluding steroid dienone is 4. The van der Waals surface area contributed by atoms with E-state index in [1.165, 1.54) is 38.5 Å². The molecule has 5 nitrogen and oxygen atoms in total. The van der Waals surface area contributed by atoms with Gasteiger partial charge in [-0.3, -0.25) is 4.90 Å². The number of para-hydroxylation sites is 3. The Labute approximate surface area is 301 Å². The molecule has 0 amide bonds. The van der Waals surface area contributed by atoms with Crippen LogP contribution < -0.4 is 4.90 Å². The summed E-state index contributed by atoms with van der Waals surface area (Å²) in [5, 5.41) is 12.2. The van der Waals surface area contributed by atoms with Crippen LogP contribution in [0.25, 0.3) is 55.6 Å². The van der Waals surface area contributed by atoms with Crippen molar-refractivity contribution in [3.05, 3.63) is 192 Å². The molecule has 6 aromatic carbocycles. The molecule has 0 radical (unpaired) electrons. The maximum Gasteiger partial charge on any atom is 0.235 e. The third-order valence-corrected chi connectivity index (χ3v) is 10.4. The molecule has 0 saturated heterocycles. The van der Waals surface area contributed by atoms with E-state index in [2.05, 4.69) is 137 Å². The second kappa shape index (κ2) is 12.1. The number of benzene rings is 6. The summed E-state index contributed by atoms with van der Waals surface area (Å²) in [7, 11) is 0. The maximum absolute atomic E-state index is 9.65. The Bertz CT molecular complexity index is 2790. The molecule has 244 valence electrons. The van der Waals surface area contributed by atoms with Crippen molar-refractivity contribution in [2.45, 2.75) is 12.3 Å². The first-order valence-corrected chi connectivity index (χ1v) is 17.6. The van der Waals surface area contributed by atoms with E-state index in [0.717, 1.165) is 46.0 Å². The molecule has 0 N–H and O–H groups in total. The number of hydrogen-bond donors (Lipinski definition) is 0. The number of nitriles is 1. The third kappa shape index (κ3) is 4.85. The molecule has 1 unspecified atom stereocenters. The first-order valence-electron chi connectivity index (χ1n) is 17.6. The van der Waals surface area contributed by atoms with Gasteiger partial charge in [0, 0.05) is 39.2 Å². The molecular formula is C47H31N5. The fraction of sp³-hybridized carbons (Fsp3) is 0.0426. The second-order valence-corrected chi connectivity index (χ2v) is 13.4. The van der Waals surface area contributed by atoms with Crippen LogP contribution in [-0.2, 0) is 0 Å². The predicted molar refractivity (Wildman–Crippen MR) is 210 cm³/mol. The average Bonchev–Trinajstić information content (AvgIpc) is 3.73. The number of rotatable bonds is 5. The first-order chi connectivity index (χ1) is 25.7. The summed E-state index contributed by atoms with van der Waals surface area (Å²) in [4.78, 5) is 12.6. The van der Waals surface area contributed by atoms with Crippen LogP contribution in [0, 0.1) is 11.3 Å². The van der Waals surface area contributed by atoms with Crippen LogP contribution in [0.15, 0.2) is 176 Å². The van der Waals surface area contributed by atoms with Gasteiger partial charge < -0.3 is 4.57 Å². The highest BCUT2D eigenvalue weighted by Crippen LogP contribution is 2.52. The molecule has 2 aliphatic rings. The zero-order valence-electron chi connectivity index (χ0n) is 28.2. The van der Waals surface area contributed by atoms with Gasteiger partial charge in [0.15, 0.2) is 0 Å². The molecule has 1 atom stereocenters. The van der Waals surface area contributed by atoms with Gasteiger partial charge >= 0.3 is 0 Å². The molecule has 0 fully saturated rings. The molecule has 3 heterocycles. The Morgan fingerprint density at radius 2 is 1.29 bits per heavy atom. The lowest BCUT2D eigenvalue weighted by molar-refractivity contribution is 0.825. The van der Waals surface area contributed by atoms with Gasteiger partial charge in [0.1, 0.15) is 0 Å². The Hall–Kier alpha value is -7.03. The minimum atomic E-state index is 0.145. The zero-order valence-corrected chi connectivity index (χ0v) is 28.2. The van der Waals surface area contributed by atoms with E-state index in [9.17, 15) is 5.26 Å². The van der Waals surface area contributed by atoms with Crippen molar-refractivity contribution in [3.63, 3.8) is 0 Å². The van der Waals surface area contributed by atoms with Gasteiger partial charge in [-0.1, -0.05) is 109 Å². The van der Waals surface area contributed by atoms with E-state index in [-0.39, 0.29) is 5.92 Å². The molecule has 2 aromatic heterocycles. The average molecular weight is 666 g/mol. The maximum atomic E-state index is 9.65. The standard InChI is InChI=1S/C47H31N5/c48-30-31-12-11-15-35(26-31)42-29-41(32-13-3-1-4-14-32)49-47(50-42)52-44-21-10-8-19-38(44)40-28-34(23-25-46(40)52)33-22-24-45-39(27-33)37-18-7-9-20-43(37)51(45)36-16-5-2-6-17-36/h1-27,29,40H,28H2. The van der Waals surface area contributed by atoms with Crippen molar-refractivity contribution in [2.75, 3.05) is 4.90 Å². The van der Waals surface area contributed by atoms with Crippen molar-refractivity contribution < 1.29 is 0 Å². The Kier molecular flexibility index (Phi) is 6.94. The van der Waals surface area contributed by atoms with Gasteiger partial charge in [-0.2, -0.15) is 5.26 Å². The smallest absolute Gasteiger partial charge is 0.235 e. The van der Waals surface area contributed by atoms with Crippen molar-refractivity contribution >= 4 is 39.0 Å². The lowest BCUT2D eigenvalue weighted by atomic mass is 9.85. The topological polar surface area (TPSA) is 57.7 Å². The van der Waals surface area contributed by atoms with E-state index in [0.29, 0.717) is 11.5 Å². The van der Waals surface area contributed by atoms with E-state index < -0.39 is 0 Å². The molecule has 8 aromatic rings. The van der Waals surface area contributed by atoms with E-state index in [4.69, 9.17) is 9.97 Å². The van der Waals surface area contributed by atoms with Gasteiger partial charge in [0.05, 0.1) is 39.7 Å². The van der Waals surface area contributed by atoms with Gasteiger partial charge in [-0.15, -0.1) is 0 Å². The van der Waals surface area contributed by atoms with Crippen LogP contribution in [0.4, 0.5) is 11.6 Å². The number of nitrogens with zero attached hydrogens (tertiary/aromatic N) is 5.